The van der Waals surface area contributed by atoms with E-state index in [1.807, 2.05) is 6.92 Å². The summed E-state index contributed by atoms with van der Waals surface area (Å²) >= 11 is 0. The largest absolute Gasteiger partial charge is 0.305 e. The van der Waals surface area contributed by atoms with Gasteiger partial charge in [0.2, 0.25) is 0 Å². The second-order valence-corrected chi connectivity index (χ2v) is 4.39. The zero-order chi connectivity index (χ0) is 11.4. The fourth-order valence-electron chi connectivity index (χ4n) is 2.24. The molecule has 1 saturated heterocycles. The van der Waals surface area contributed by atoms with Gasteiger partial charge in [0.25, 0.3) is 5.91 Å². The lowest BCUT2D eigenvalue weighted by molar-refractivity contribution is -0.126. The van der Waals surface area contributed by atoms with Gasteiger partial charge in [-0.1, -0.05) is 0 Å². The summed E-state index contributed by atoms with van der Waals surface area (Å²) in [6.07, 6.45) is 1.10. The number of amides is 1. The molecule has 1 rings (SSSR count). The molecule has 1 amide bonds. The quantitative estimate of drug-likeness (QED) is 0.366. The Labute approximate surface area is 91.6 Å². The molecule has 0 bridgehead atoms. The molecule has 0 aromatic heterocycles. The van der Waals surface area contributed by atoms with E-state index in [1.54, 1.807) is 0 Å². The summed E-state index contributed by atoms with van der Waals surface area (Å²) in [5, 5.41) is 0. The van der Waals surface area contributed by atoms with Crippen LogP contribution in [0.5, 0.6) is 0 Å². The third-order valence-electron chi connectivity index (χ3n) is 3.12. The monoisotopic (exact) mass is 214 g/mol. The highest BCUT2D eigenvalue weighted by Gasteiger charge is 2.27. The molecule has 0 aromatic rings. The van der Waals surface area contributed by atoms with Crippen molar-refractivity contribution in [1.82, 2.24) is 15.2 Å². The lowest BCUT2D eigenvalue weighted by atomic mass is 10.2. The van der Waals surface area contributed by atoms with Crippen LogP contribution >= 0.6 is 0 Å². The second kappa shape index (κ2) is 5.44. The zero-order valence-electron chi connectivity index (χ0n) is 9.86. The van der Waals surface area contributed by atoms with E-state index in [1.165, 1.54) is 0 Å². The van der Waals surface area contributed by atoms with Crippen molar-refractivity contribution >= 4 is 5.91 Å². The molecule has 1 aliphatic heterocycles. The van der Waals surface area contributed by atoms with Crippen molar-refractivity contribution in [2.24, 2.45) is 5.84 Å². The molecule has 1 aliphatic rings. The maximum absolute atomic E-state index is 11.5. The number of carbonyl (C=O) groups is 1. The van der Waals surface area contributed by atoms with Crippen LogP contribution in [0.15, 0.2) is 0 Å². The van der Waals surface area contributed by atoms with Crippen LogP contribution in [0.2, 0.25) is 0 Å². The molecule has 2 atom stereocenters. The van der Waals surface area contributed by atoms with Gasteiger partial charge in [-0.15, -0.1) is 0 Å². The van der Waals surface area contributed by atoms with Gasteiger partial charge in [-0.3, -0.25) is 15.1 Å². The number of carbonyl (C=O) groups excluding carboxylic acids is 1. The van der Waals surface area contributed by atoms with Gasteiger partial charge in [-0.25, -0.2) is 5.84 Å². The number of likely N-dealkylation sites (N-methyl/N-ethyl adjacent to an activating group) is 1. The average Bonchev–Trinajstić information content (AvgIpc) is 2.37. The number of nitrogens with two attached hydrogens (primary N) is 1. The Hall–Kier alpha value is -0.650. The Morgan fingerprint density at radius 2 is 2.20 bits per heavy atom. The van der Waals surface area contributed by atoms with E-state index in [9.17, 15) is 4.79 Å². The Morgan fingerprint density at radius 3 is 2.80 bits per heavy atom. The molecule has 3 N–H and O–H groups in total. The normalized spacial score (nSPS) is 27.1. The van der Waals surface area contributed by atoms with Crippen molar-refractivity contribution in [3.63, 3.8) is 0 Å². The summed E-state index contributed by atoms with van der Waals surface area (Å²) < 4.78 is 0. The molecule has 0 aliphatic carbocycles. The molecule has 5 nitrogen and oxygen atoms in total. The highest BCUT2D eigenvalue weighted by atomic mass is 16.2. The molecule has 2 unspecified atom stereocenters. The summed E-state index contributed by atoms with van der Waals surface area (Å²) in [6, 6.07) is 0.251. The van der Waals surface area contributed by atoms with E-state index in [2.05, 4.69) is 29.2 Å². The number of hydrazine groups is 1. The van der Waals surface area contributed by atoms with Crippen LogP contribution in [0.25, 0.3) is 0 Å². The number of hydrogen-bond donors (Lipinski definition) is 2. The number of nitrogens with zero attached hydrogens (tertiary/aromatic N) is 2. The van der Waals surface area contributed by atoms with Crippen LogP contribution in [0.4, 0.5) is 0 Å². The smallest absolute Gasteiger partial charge is 0.250 e. The second-order valence-electron chi connectivity index (χ2n) is 4.39. The number of rotatable bonds is 2. The summed E-state index contributed by atoms with van der Waals surface area (Å²) in [6.45, 7) is 7.12. The van der Waals surface area contributed by atoms with Gasteiger partial charge < -0.3 is 4.90 Å². The lowest BCUT2D eigenvalue weighted by Gasteiger charge is -2.32. The third-order valence-corrected chi connectivity index (χ3v) is 3.12. The summed E-state index contributed by atoms with van der Waals surface area (Å²) in [7, 11) is 2.12. The third kappa shape index (κ3) is 3.15. The van der Waals surface area contributed by atoms with E-state index >= 15 is 0 Å². The minimum Gasteiger partial charge on any atom is -0.305 e. The fraction of sp³-hybridized carbons (Fsp3) is 0.900. The van der Waals surface area contributed by atoms with Crippen molar-refractivity contribution in [1.29, 1.82) is 0 Å². The van der Waals surface area contributed by atoms with Crippen molar-refractivity contribution in [2.45, 2.75) is 32.4 Å². The van der Waals surface area contributed by atoms with E-state index in [0.29, 0.717) is 6.04 Å². The highest BCUT2D eigenvalue weighted by molar-refractivity contribution is 5.80. The van der Waals surface area contributed by atoms with Gasteiger partial charge in [0.15, 0.2) is 0 Å². The van der Waals surface area contributed by atoms with E-state index in [4.69, 9.17) is 5.84 Å². The van der Waals surface area contributed by atoms with E-state index < -0.39 is 0 Å². The lowest BCUT2D eigenvalue weighted by Crippen LogP contribution is -2.51. The first-order valence-corrected chi connectivity index (χ1v) is 5.51. The molecule has 0 radical (unpaired) electrons. The summed E-state index contributed by atoms with van der Waals surface area (Å²) in [5.74, 6) is 5.05. The van der Waals surface area contributed by atoms with Crippen LogP contribution in [-0.2, 0) is 4.79 Å². The predicted molar refractivity (Wildman–Crippen MR) is 60.1 cm³/mol. The molecule has 88 valence electrons. The molecule has 15 heavy (non-hydrogen) atoms. The van der Waals surface area contributed by atoms with Gasteiger partial charge >= 0.3 is 0 Å². The predicted octanol–water partition coefficient (Wildman–Crippen LogP) is -0.609. The highest BCUT2D eigenvalue weighted by Crippen LogP contribution is 2.12. The summed E-state index contributed by atoms with van der Waals surface area (Å²) in [5.41, 5.74) is 2.22. The average molecular weight is 214 g/mol. The molecule has 0 aromatic carbocycles. The first-order chi connectivity index (χ1) is 7.06. The SMILES string of the molecule is CC1CN(C)CCCN1C(C)C(=O)NN. The van der Waals surface area contributed by atoms with Crippen LogP contribution in [0.1, 0.15) is 20.3 Å². The van der Waals surface area contributed by atoms with Crippen molar-refractivity contribution < 1.29 is 4.79 Å². The van der Waals surface area contributed by atoms with E-state index in [-0.39, 0.29) is 11.9 Å². The first kappa shape index (κ1) is 12.4. The van der Waals surface area contributed by atoms with Crippen LogP contribution in [0, 0.1) is 0 Å². The van der Waals surface area contributed by atoms with Gasteiger partial charge in [0, 0.05) is 19.1 Å². The van der Waals surface area contributed by atoms with Crippen LogP contribution in [0.3, 0.4) is 0 Å². The van der Waals surface area contributed by atoms with E-state index in [0.717, 1.165) is 26.1 Å². The molecule has 5 heteroatoms. The van der Waals surface area contributed by atoms with Gasteiger partial charge in [-0.2, -0.15) is 0 Å². The van der Waals surface area contributed by atoms with Crippen LogP contribution in [-0.4, -0.2) is 54.5 Å². The van der Waals surface area contributed by atoms with Crippen molar-refractivity contribution in [2.75, 3.05) is 26.7 Å². The molecule has 0 saturated carbocycles. The van der Waals surface area contributed by atoms with Gasteiger partial charge in [-0.05, 0) is 33.9 Å². The number of nitrogens with one attached hydrogen (secondary N) is 1. The molecule has 1 heterocycles. The Balaban J connectivity index is 2.62. The maximum atomic E-state index is 11.5. The topological polar surface area (TPSA) is 61.6 Å². The first-order valence-electron chi connectivity index (χ1n) is 5.51. The maximum Gasteiger partial charge on any atom is 0.250 e. The Morgan fingerprint density at radius 1 is 1.53 bits per heavy atom. The molecular formula is C10H22N4O. The molecule has 0 spiro atoms. The zero-order valence-corrected chi connectivity index (χ0v) is 9.86. The number of hydrogen-bond acceptors (Lipinski definition) is 4. The molecular weight excluding hydrogens is 192 g/mol. The minimum atomic E-state index is -0.142. The fourth-order valence-corrected chi connectivity index (χ4v) is 2.24. The van der Waals surface area contributed by atoms with Crippen molar-refractivity contribution in [3.05, 3.63) is 0 Å². The van der Waals surface area contributed by atoms with Crippen LogP contribution < -0.4 is 11.3 Å². The Bertz CT molecular complexity index is 221. The van der Waals surface area contributed by atoms with Gasteiger partial charge in [0.1, 0.15) is 0 Å². The van der Waals surface area contributed by atoms with Crippen molar-refractivity contribution in [3.8, 4) is 0 Å². The summed E-state index contributed by atoms with van der Waals surface area (Å²) in [4.78, 5) is 16.0. The standard InChI is InChI=1S/C10H22N4O/c1-8-7-13(3)5-4-6-14(8)9(2)10(15)12-11/h8-9H,4-7,11H2,1-3H3,(H,12,15). The Kier molecular flexibility index (Phi) is 4.50. The molecule has 1 fully saturated rings. The minimum absolute atomic E-state index is 0.105. The van der Waals surface area contributed by atoms with Gasteiger partial charge in [0.05, 0.1) is 6.04 Å².